The Bertz CT molecular complexity index is 710. The molecule has 7 heteroatoms. The minimum absolute atomic E-state index is 0.0573. The summed E-state index contributed by atoms with van der Waals surface area (Å²) in [5.41, 5.74) is 0.490. The summed E-state index contributed by atoms with van der Waals surface area (Å²) in [6.07, 6.45) is 2.89. The molecule has 2 saturated heterocycles. The van der Waals surface area contributed by atoms with Crippen molar-refractivity contribution < 1.29 is 19.1 Å². The van der Waals surface area contributed by atoms with Crippen molar-refractivity contribution in [3.05, 3.63) is 30.3 Å². The highest BCUT2D eigenvalue weighted by Crippen LogP contribution is 2.32. The van der Waals surface area contributed by atoms with E-state index in [1.807, 2.05) is 30.3 Å². The Balaban J connectivity index is 1.49. The van der Waals surface area contributed by atoms with Gasteiger partial charge in [-0.1, -0.05) is 18.2 Å². The van der Waals surface area contributed by atoms with Gasteiger partial charge in [0.15, 0.2) is 0 Å². The highest BCUT2D eigenvalue weighted by molar-refractivity contribution is 5.95. The van der Waals surface area contributed by atoms with Gasteiger partial charge in [0, 0.05) is 50.8 Å². The van der Waals surface area contributed by atoms with Gasteiger partial charge < -0.3 is 19.7 Å². The Hall–Kier alpha value is -2.43. The van der Waals surface area contributed by atoms with Gasteiger partial charge in [-0.15, -0.1) is 0 Å². The van der Waals surface area contributed by atoms with Gasteiger partial charge in [0.1, 0.15) is 0 Å². The van der Waals surface area contributed by atoms with Gasteiger partial charge in [-0.25, -0.2) is 0 Å². The molecular formula is C21H27N3O4. The molecule has 0 aliphatic carbocycles. The van der Waals surface area contributed by atoms with Crippen molar-refractivity contribution in [1.29, 1.82) is 5.26 Å². The lowest BCUT2D eigenvalue weighted by Crippen LogP contribution is -2.49. The fourth-order valence-corrected chi connectivity index (χ4v) is 3.84. The van der Waals surface area contributed by atoms with Gasteiger partial charge in [0.25, 0.3) is 0 Å². The lowest BCUT2D eigenvalue weighted by Gasteiger charge is -2.37. The van der Waals surface area contributed by atoms with E-state index in [1.165, 1.54) is 0 Å². The summed E-state index contributed by atoms with van der Waals surface area (Å²) in [7, 11) is 0. The number of nitriles is 1. The summed E-state index contributed by atoms with van der Waals surface area (Å²) in [5.74, 6) is -0.271. The molecule has 150 valence electrons. The number of benzene rings is 1. The van der Waals surface area contributed by atoms with Crippen LogP contribution in [0.1, 0.15) is 38.5 Å². The van der Waals surface area contributed by atoms with E-state index >= 15 is 0 Å². The molecule has 1 aromatic carbocycles. The van der Waals surface area contributed by atoms with Gasteiger partial charge >= 0.3 is 0 Å². The molecule has 2 aliphatic heterocycles. The fourth-order valence-electron chi connectivity index (χ4n) is 3.84. The normalized spacial score (nSPS) is 23.9. The first kappa shape index (κ1) is 20.3. The van der Waals surface area contributed by atoms with Gasteiger partial charge in [-0.05, 0) is 25.0 Å². The smallest absolute Gasteiger partial charge is 0.227 e. The first-order chi connectivity index (χ1) is 13.6. The van der Waals surface area contributed by atoms with Crippen molar-refractivity contribution in [2.75, 3.05) is 31.3 Å². The molecule has 1 N–H and O–H groups in total. The maximum absolute atomic E-state index is 12.7. The maximum atomic E-state index is 12.7. The molecule has 0 bridgehead atoms. The summed E-state index contributed by atoms with van der Waals surface area (Å²) >= 11 is 0. The second-order valence-electron chi connectivity index (χ2n) is 7.38. The van der Waals surface area contributed by atoms with E-state index in [4.69, 9.17) is 14.7 Å². The largest absolute Gasteiger partial charge is 0.378 e. The molecular weight excluding hydrogens is 358 g/mol. The van der Waals surface area contributed by atoms with E-state index in [-0.39, 0.29) is 42.7 Å². The molecule has 2 aliphatic rings. The van der Waals surface area contributed by atoms with Crippen LogP contribution in [0.5, 0.6) is 0 Å². The van der Waals surface area contributed by atoms with Crippen molar-refractivity contribution in [1.82, 2.24) is 5.32 Å². The summed E-state index contributed by atoms with van der Waals surface area (Å²) in [6, 6.07) is 11.4. The summed E-state index contributed by atoms with van der Waals surface area (Å²) < 4.78 is 11.4. The molecule has 2 atom stereocenters. The van der Waals surface area contributed by atoms with Crippen LogP contribution in [0.25, 0.3) is 0 Å². The number of rotatable bonds is 7. The van der Waals surface area contributed by atoms with Crippen molar-refractivity contribution in [2.24, 2.45) is 0 Å². The van der Waals surface area contributed by atoms with E-state index in [0.29, 0.717) is 26.4 Å². The van der Waals surface area contributed by atoms with Crippen LogP contribution in [0.2, 0.25) is 0 Å². The number of para-hydroxylation sites is 1. The Kier molecular flexibility index (Phi) is 7.01. The number of nitrogens with one attached hydrogen (secondary N) is 1. The predicted octanol–water partition coefficient (Wildman–Crippen LogP) is 2.17. The van der Waals surface area contributed by atoms with Crippen LogP contribution in [0.4, 0.5) is 5.69 Å². The van der Waals surface area contributed by atoms with E-state index in [0.717, 1.165) is 24.9 Å². The lowest BCUT2D eigenvalue weighted by atomic mass is 9.89. The molecule has 2 heterocycles. The van der Waals surface area contributed by atoms with Crippen molar-refractivity contribution in [2.45, 2.75) is 50.2 Å². The van der Waals surface area contributed by atoms with Crippen molar-refractivity contribution in [3.8, 4) is 6.07 Å². The number of hydrogen-bond acceptors (Lipinski definition) is 5. The number of nitrogens with zero attached hydrogens (tertiary/aromatic N) is 2. The molecule has 7 nitrogen and oxygen atoms in total. The van der Waals surface area contributed by atoms with Crippen molar-refractivity contribution in [3.63, 3.8) is 0 Å². The molecule has 1 aromatic rings. The topological polar surface area (TPSA) is 91.7 Å². The molecule has 2 unspecified atom stereocenters. The van der Waals surface area contributed by atoms with E-state index in [1.54, 1.807) is 4.90 Å². The van der Waals surface area contributed by atoms with Crippen LogP contribution in [-0.2, 0) is 19.1 Å². The third-order valence-electron chi connectivity index (χ3n) is 5.31. The first-order valence-corrected chi connectivity index (χ1v) is 9.85. The number of amides is 2. The minimum Gasteiger partial charge on any atom is -0.378 e. The molecule has 3 rings (SSSR count). The molecule has 0 radical (unpaired) electrons. The van der Waals surface area contributed by atoms with Crippen LogP contribution in [0, 0.1) is 11.3 Å². The van der Waals surface area contributed by atoms with Gasteiger partial charge in [-0.2, -0.15) is 5.26 Å². The number of carbonyl (C=O) groups is 2. The zero-order valence-electron chi connectivity index (χ0n) is 16.1. The zero-order valence-corrected chi connectivity index (χ0v) is 16.1. The fraction of sp³-hybridized carbons (Fsp3) is 0.571. The van der Waals surface area contributed by atoms with Crippen LogP contribution in [-0.4, -0.2) is 49.8 Å². The van der Waals surface area contributed by atoms with Crippen LogP contribution in [0.3, 0.4) is 0 Å². The highest BCUT2D eigenvalue weighted by Gasteiger charge is 2.41. The number of ether oxygens (including phenoxy) is 2. The van der Waals surface area contributed by atoms with Crippen molar-refractivity contribution >= 4 is 17.5 Å². The SMILES string of the molecule is N#CCCN(C(=O)CCC(=O)NC1CCOC2(CCOC2)C1)c1ccccc1. The average molecular weight is 385 g/mol. The predicted molar refractivity (Wildman–Crippen MR) is 104 cm³/mol. The molecule has 2 amide bonds. The second-order valence-corrected chi connectivity index (χ2v) is 7.38. The van der Waals surface area contributed by atoms with E-state index < -0.39 is 0 Å². The van der Waals surface area contributed by atoms with Gasteiger partial charge in [-0.3, -0.25) is 9.59 Å². The summed E-state index contributed by atoms with van der Waals surface area (Å²) in [4.78, 5) is 26.6. The van der Waals surface area contributed by atoms with Gasteiger partial charge in [0.05, 0.1) is 24.7 Å². The maximum Gasteiger partial charge on any atom is 0.227 e. The highest BCUT2D eigenvalue weighted by atomic mass is 16.6. The number of carbonyl (C=O) groups excluding carboxylic acids is 2. The Morgan fingerprint density at radius 2 is 2.07 bits per heavy atom. The average Bonchev–Trinajstić information content (AvgIpc) is 3.15. The zero-order chi connectivity index (χ0) is 19.8. The van der Waals surface area contributed by atoms with E-state index in [2.05, 4.69) is 11.4 Å². The third-order valence-corrected chi connectivity index (χ3v) is 5.31. The summed E-state index contributed by atoms with van der Waals surface area (Å²) in [6.45, 7) is 2.22. The minimum atomic E-state index is -0.257. The lowest BCUT2D eigenvalue weighted by molar-refractivity contribution is -0.128. The summed E-state index contributed by atoms with van der Waals surface area (Å²) in [5, 5.41) is 11.9. The Labute approximate surface area is 165 Å². The standard InChI is InChI=1S/C21H27N3O4/c22-11-4-12-24(18-5-2-1-3-6-18)20(26)8-7-19(25)23-17-9-13-28-21(15-17)10-14-27-16-21/h1-3,5-6,17H,4,7-10,12-16H2,(H,23,25). The molecule has 0 saturated carbocycles. The molecule has 2 fully saturated rings. The third kappa shape index (κ3) is 5.31. The van der Waals surface area contributed by atoms with Crippen LogP contribution in [0.15, 0.2) is 30.3 Å². The molecule has 28 heavy (non-hydrogen) atoms. The monoisotopic (exact) mass is 385 g/mol. The quantitative estimate of drug-likeness (QED) is 0.777. The molecule has 0 aromatic heterocycles. The molecule has 1 spiro atoms. The Morgan fingerprint density at radius 1 is 1.25 bits per heavy atom. The number of hydrogen-bond donors (Lipinski definition) is 1. The van der Waals surface area contributed by atoms with Crippen LogP contribution < -0.4 is 10.2 Å². The number of anilines is 1. The van der Waals surface area contributed by atoms with Crippen LogP contribution >= 0.6 is 0 Å². The first-order valence-electron chi connectivity index (χ1n) is 9.85. The van der Waals surface area contributed by atoms with E-state index in [9.17, 15) is 9.59 Å². The van der Waals surface area contributed by atoms with Gasteiger partial charge in [0.2, 0.25) is 11.8 Å². The second kappa shape index (κ2) is 9.67. The Morgan fingerprint density at radius 3 is 2.79 bits per heavy atom.